The maximum absolute atomic E-state index is 2.70. The molecule has 1 aliphatic heterocycles. The average molecular weight is 791 g/mol. The first-order valence-corrected chi connectivity index (χ1v) is 22.3. The van der Waals surface area contributed by atoms with Gasteiger partial charge in [-0.25, -0.2) is 0 Å². The highest BCUT2D eigenvalue weighted by molar-refractivity contribution is 6.28. The van der Waals surface area contributed by atoms with E-state index < -0.39 is 0 Å². The highest BCUT2D eigenvalue weighted by Gasteiger charge is 2.39. The van der Waals surface area contributed by atoms with Crippen LogP contribution in [0, 0.1) is 0 Å². The van der Waals surface area contributed by atoms with Crippen LogP contribution in [0.1, 0.15) is 104 Å². The lowest BCUT2D eigenvalue weighted by atomic mass is 9.70. The molecular formula is C59H54N2. The van der Waals surface area contributed by atoms with Gasteiger partial charge in [0.25, 0.3) is 0 Å². The molecule has 0 saturated carbocycles. The highest BCUT2D eigenvalue weighted by atomic mass is 15.1. The van der Waals surface area contributed by atoms with Gasteiger partial charge in [-0.05, 0) is 124 Å². The van der Waals surface area contributed by atoms with Crippen molar-refractivity contribution >= 4 is 86.7 Å². The van der Waals surface area contributed by atoms with Crippen molar-refractivity contribution in [3.8, 4) is 11.4 Å². The van der Waals surface area contributed by atoms with Crippen molar-refractivity contribution in [2.45, 2.75) is 97.8 Å². The number of benzene rings is 9. The van der Waals surface area contributed by atoms with E-state index in [1.807, 2.05) is 0 Å². The number of hydrogen-bond donors (Lipinski definition) is 0. The third-order valence-electron chi connectivity index (χ3n) is 14.6. The molecule has 2 nitrogen and oxygen atoms in total. The van der Waals surface area contributed by atoms with Gasteiger partial charge in [0.05, 0.1) is 27.8 Å². The zero-order valence-corrected chi connectivity index (χ0v) is 37.5. The second-order valence-electron chi connectivity index (χ2n) is 21.9. The Kier molecular flexibility index (Phi) is 6.99. The molecule has 3 heterocycles. The molecular weight excluding hydrogens is 737 g/mol. The van der Waals surface area contributed by atoms with Gasteiger partial charge in [-0.2, -0.15) is 0 Å². The molecule has 61 heavy (non-hydrogen) atoms. The van der Waals surface area contributed by atoms with Crippen molar-refractivity contribution in [1.29, 1.82) is 0 Å². The number of hydrogen-bond acceptors (Lipinski definition) is 0. The second kappa shape index (κ2) is 11.6. The minimum Gasteiger partial charge on any atom is -0.307 e. The Morgan fingerprint density at radius 2 is 0.951 bits per heavy atom. The van der Waals surface area contributed by atoms with Crippen LogP contribution in [0.25, 0.3) is 98.1 Å². The first-order chi connectivity index (χ1) is 28.9. The van der Waals surface area contributed by atoms with Crippen LogP contribution in [-0.2, 0) is 21.7 Å². The first-order valence-electron chi connectivity index (χ1n) is 22.3. The monoisotopic (exact) mass is 790 g/mol. The number of aromatic nitrogens is 2. The van der Waals surface area contributed by atoms with Crippen molar-refractivity contribution in [1.82, 2.24) is 9.13 Å². The van der Waals surface area contributed by atoms with E-state index in [2.05, 4.69) is 213 Å². The first kappa shape index (κ1) is 36.7. The van der Waals surface area contributed by atoms with E-state index in [-0.39, 0.29) is 21.7 Å². The molecule has 0 atom stereocenters. The molecule has 0 fully saturated rings. The molecule has 1 aliphatic rings. The lowest BCUT2D eigenvalue weighted by molar-refractivity contribution is 0.583. The molecule has 9 aromatic carbocycles. The van der Waals surface area contributed by atoms with E-state index >= 15 is 0 Å². The SMILES string of the molecule is CC(C)(C)c1cc2ccc3cc4c(c5ccc(c1)c2c35)C(C)(C)c1cc(C(C)(C)C)cc2c3ccc5c6cc(C(C)(C)C)ccc6n(-c6ccc7ccccc7c6)c5c3n-4c12. The van der Waals surface area contributed by atoms with E-state index in [4.69, 9.17) is 0 Å². The summed E-state index contributed by atoms with van der Waals surface area (Å²) < 4.78 is 5.28. The molecule has 0 N–H and O–H groups in total. The molecule has 300 valence electrons. The Morgan fingerprint density at radius 3 is 1.64 bits per heavy atom. The summed E-state index contributed by atoms with van der Waals surface area (Å²) in [5, 5.41) is 15.8. The van der Waals surface area contributed by atoms with Crippen LogP contribution < -0.4 is 0 Å². The van der Waals surface area contributed by atoms with Gasteiger partial charge < -0.3 is 9.13 Å². The third kappa shape index (κ3) is 4.91. The molecule has 0 amide bonds. The quantitative estimate of drug-likeness (QED) is 0.147. The fraction of sp³-hybridized carbons (Fsp3) is 0.254. The largest absolute Gasteiger partial charge is 0.307 e. The van der Waals surface area contributed by atoms with Crippen molar-refractivity contribution in [2.75, 3.05) is 0 Å². The summed E-state index contributed by atoms with van der Waals surface area (Å²) in [5.74, 6) is 0. The molecule has 0 radical (unpaired) electrons. The van der Waals surface area contributed by atoms with Crippen molar-refractivity contribution in [3.63, 3.8) is 0 Å². The van der Waals surface area contributed by atoms with Gasteiger partial charge in [0.1, 0.15) is 0 Å². The van der Waals surface area contributed by atoms with Crippen LogP contribution in [-0.4, -0.2) is 9.13 Å². The summed E-state index contributed by atoms with van der Waals surface area (Å²) >= 11 is 0. The van der Waals surface area contributed by atoms with E-state index in [0.717, 1.165) is 0 Å². The molecule has 11 aromatic rings. The summed E-state index contributed by atoms with van der Waals surface area (Å²) in [5.41, 5.74) is 14.3. The lowest BCUT2D eigenvalue weighted by Gasteiger charge is -2.37. The third-order valence-corrected chi connectivity index (χ3v) is 14.6. The van der Waals surface area contributed by atoms with Crippen LogP contribution in [0.15, 0.2) is 127 Å². The van der Waals surface area contributed by atoms with Gasteiger partial charge in [-0.3, -0.25) is 0 Å². The van der Waals surface area contributed by atoms with Gasteiger partial charge >= 0.3 is 0 Å². The molecule has 12 rings (SSSR count). The van der Waals surface area contributed by atoms with Gasteiger partial charge in [-0.1, -0.05) is 167 Å². The van der Waals surface area contributed by atoms with Gasteiger partial charge in [0.2, 0.25) is 0 Å². The van der Waals surface area contributed by atoms with Crippen LogP contribution in [0.2, 0.25) is 0 Å². The summed E-state index contributed by atoms with van der Waals surface area (Å²) in [6.45, 7) is 26.0. The van der Waals surface area contributed by atoms with Gasteiger partial charge in [0.15, 0.2) is 0 Å². The minimum atomic E-state index is -0.274. The molecule has 2 aromatic heterocycles. The maximum atomic E-state index is 2.70. The van der Waals surface area contributed by atoms with E-state index in [1.54, 1.807) is 0 Å². The summed E-state index contributed by atoms with van der Waals surface area (Å²) in [4.78, 5) is 0. The van der Waals surface area contributed by atoms with Crippen LogP contribution in [0.5, 0.6) is 0 Å². The molecule has 0 unspecified atom stereocenters. The Morgan fingerprint density at radius 1 is 0.393 bits per heavy atom. The predicted molar refractivity (Wildman–Crippen MR) is 265 cm³/mol. The lowest BCUT2D eigenvalue weighted by Crippen LogP contribution is -2.28. The second-order valence-corrected chi connectivity index (χ2v) is 21.9. The molecule has 0 aliphatic carbocycles. The van der Waals surface area contributed by atoms with Crippen LogP contribution in [0.3, 0.4) is 0 Å². The topological polar surface area (TPSA) is 9.86 Å². The minimum absolute atomic E-state index is 0.0164. The van der Waals surface area contributed by atoms with E-state index in [9.17, 15) is 0 Å². The summed E-state index contributed by atoms with van der Waals surface area (Å²) in [6, 6.07) is 49.9. The number of fused-ring (bicyclic) bond motifs is 11. The maximum Gasteiger partial charge on any atom is 0.0789 e. The number of rotatable bonds is 1. The fourth-order valence-electron chi connectivity index (χ4n) is 11.2. The van der Waals surface area contributed by atoms with Crippen molar-refractivity contribution in [3.05, 3.63) is 155 Å². The standard InChI is InChI=1S/C59H54N2/c1-56(2,3)38-20-25-48-45(30-38)42-23-24-43-46-31-40(58(7,8)9)32-47-53(46)61(55(43)54(42)60(48)41-21-18-33-14-12-13-15-34(33)28-41)49-29-37-17-16-35-26-39(57(4,5)6)27-36-19-22-44(51(37)50(35)36)52(49)59(47,10)11/h12-32H,1-11H3. The van der Waals surface area contributed by atoms with Crippen molar-refractivity contribution in [2.24, 2.45) is 0 Å². The highest BCUT2D eigenvalue weighted by Crippen LogP contribution is 2.54. The summed E-state index contributed by atoms with van der Waals surface area (Å²) in [7, 11) is 0. The normalized spacial score (nSPS) is 14.6. The van der Waals surface area contributed by atoms with Crippen LogP contribution >= 0.6 is 0 Å². The predicted octanol–water partition coefficient (Wildman–Crippen LogP) is 16.5. The Bertz CT molecular complexity index is 3690. The molecule has 0 spiro atoms. The van der Waals surface area contributed by atoms with E-state index in [1.165, 1.54) is 126 Å². The molecule has 0 bridgehead atoms. The fourth-order valence-corrected chi connectivity index (χ4v) is 11.2. The van der Waals surface area contributed by atoms with Gasteiger partial charge in [-0.15, -0.1) is 0 Å². The molecule has 2 heteroatoms. The Balaban J connectivity index is 1.31. The van der Waals surface area contributed by atoms with Crippen molar-refractivity contribution < 1.29 is 0 Å². The Labute approximate surface area is 358 Å². The Hall–Kier alpha value is -6.12. The van der Waals surface area contributed by atoms with Gasteiger partial charge in [0, 0.05) is 32.6 Å². The number of nitrogens with zero attached hydrogens (tertiary/aromatic N) is 2. The smallest absolute Gasteiger partial charge is 0.0789 e. The zero-order valence-electron chi connectivity index (χ0n) is 37.5. The van der Waals surface area contributed by atoms with E-state index in [0.29, 0.717) is 0 Å². The average Bonchev–Trinajstić information content (AvgIpc) is 3.73. The molecule has 0 saturated heterocycles. The van der Waals surface area contributed by atoms with Crippen LogP contribution in [0.4, 0.5) is 0 Å². The summed E-state index contributed by atoms with van der Waals surface area (Å²) in [6.07, 6.45) is 0. The zero-order chi connectivity index (χ0) is 42.3.